The van der Waals surface area contributed by atoms with Gasteiger partial charge in [-0.3, -0.25) is 4.79 Å². The van der Waals surface area contributed by atoms with Crippen molar-refractivity contribution in [1.82, 2.24) is 4.90 Å². The van der Waals surface area contributed by atoms with Gasteiger partial charge in [0, 0.05) is 19.2 Å². The summed E-state index contributed by atoms with van der Waals surface area (Å²) in [5, 5.41) is 8.81. The first-order valence-corrected chi connectivity index (χ1v) is 6.07. The van der Waals surface area contributed by atoms with E-state index in [-0.39, 0.29) is 23.3 Å². The molecule has 1 saturated heterocycles. The first-order valence-electron chi connectivity index (χ1n) is 6.07. The van der Waals surface area contributed by atoms with Crippen molar-refractivity contribution in [3.05, 3.63) is 23.7 Å². The van der Waals surface area contributed by atoms with Gasteiger partial charge in [-0.15, -0.1) is 0 Å². The molecule has 104 valence electrons. The molecule has 6 heteroatoms. The van der Waals surface area contributed by atoms with Crippen LogP contribution in [0.1, 0.15) is 41.7 Å². The number of hydrogen-bond acceptors (Lipinski definition) is 4. The van der Waals surface area contributed by atoms with Gasteiger partial charge in [0.2, 0.25) is 0 Å². The van der Waals surface area contributed by atoms with Gasteiger partial charge in [-0.05, 0) is 20.8 Å². The topological polar surface area (TPSA) is 80.0 Å². The van der Waals surface area contributed by atoms with E-state index in [0.717, 1.165) is 6.26 Å². The number of amides is 1. The minimum Gasteiger partial charge on any atom is -0.478 e. The maximum atomic E-state index is 12.3. The minimum atomic E-state index is -1.11. The van der Waals surface area contributed by atoms with Crippen molar-refractivity contribution in [3.8, 4) is 0 Å². The van der Waals surface area contributed by atoms with Crippen LogP contribution in [0.2, 0.25) is 0 Å². The van der Waals surface area contributed by atoms with E-state index < -0.39 is 11.6 Å². The third kappa shape index (κ3) is 2.96. The van der Waals surface area contributed by atoms with E-state index in [4.69, 9.17) is 14.3 Å². The molecule has 19 heavy (non-hydrogen) atoms. The lowest BCUT2D eigenvalue weighted by molar-refractivity contribution is -0.119. The third-order valence-corrected chi connectivity index (χ3v) is 2.91. The van der Waals surface area contributed by atoms with Gasteiger partial charge in [0.15, 0.2) is 5.76 Å². The van der Waals surface area contributed by atoms with Gasteiger partial charge >= 0.3 is 5.97 Å². The standard InChI is InChI=1S/C13H17NO5/c1-8-5-14(7-13(2,3)19-8)11(15)10-4-9(6-18-10)12(16)17/h4,6,8H,5,7H2,1-3H3,(H,16,17). The Labute approximate surface area is 110 Å². The van der Waals surface area contributed by atoms with Crippen molar-refractivity contribution in [2.24, 2.45) is 0 Å². The Morgan fingerprint density at radius 2 is 2.16 bits per heavy atom. The van der Waals surface area contributed by atoms with Gasteiger partial charge in [0.05, 0.1) is 17.3 Å². The van der Waals surface area contributed by atoms with Crippen molar-refractivity contribution in [2.45, 2.75) is 32.5 Å². The second kappa shape index (κ2) is 4.70. The highest BCUT2D eigenvalue weighted by atomic mass is 16.5. The average molecular weight is 267 g/mol. The molecule has 1 aliphatic heterocycles. The van der Waals surface area contributed by atoms with E-state index in [1.807, 2.05) is 20.8 Å². The molecule has 0 saturated carbocycles. The van der Waals surface area contributed by atoms with Crippen LogP contribution >= 0.6 is 0 Å². The molecule has 0 spiro atoms. The van der Waals surface area contributed by atoms with Gasteiger partial charge < -0.3 is 19.2 Å². The van der Waals surface area contributed by atoms with Crippen molar-refractivity contribution in [2.75, 3.05) is 13.1 Å². The summed E-state index contributed by atoms with van der Waals surface area (Å²) in [6, 6.07) is 1.25. The van der Waals surface area contributed by atoms with Crippen molar-refractivity contribution in [3.63, 3.8) is 0 Å². The van der Waals surface area contributed by atoms with E-state index in [1.54, 1.807) is 4.90 Å². The Hall–Kier alpha value is -1.82. The Bertz CT molecular complexity index is 505. The van der Waals surface area contributed by atoms with E-state index in [1.165, 1.54) is 6.07 Å². The zero-order valence-corrected chi connectivity index (χ0v) is 11.2. The van der Waals surface area contributed by atoms with E-state index in [2.05, 4.69) is 0 Å². The first-order chi connectivity index (χ1) is 8.78. The van der Waals surface area contributed by atoms with Crippen molar-refractivity contribution >= 4 is 11.9 Å². The molecule has 2 rings (SSSR count). The highest BCUT2D eigenvalue weighted by Crippen LogP contribution is 2.22. The second-order valence-corrected chi connectivity index (χ2v) is 5.38. The molecule has 1 aromatic heterocycles. The molecule has 0 radical (unpaired) electrons. The maximum absolute atomic E-state index is 12.3. The summed E-state index contributed by atoms with van der Waals surface area (Å²) in [6.45, 7) is 6.62. The predicted octanol–water partition coefficient (Wildman–Crippen LogP) is 1.62. The van der Waals surface area contributed by atoms with Crippen molar-refractivity contribution in [1.29, 1.82) is 0 Å². The second-order valence-electron chi connectivity index (χ2n) is 5.38. The zero-order valence-electron chi connectivity index (χ0n) is 11.2. The number of aromatic carboxylic acids is 1. The predicted molar refractivity (Wildman–Crippen MR) is 66.2 cm³/mol. The summed E-state index contributed by atoms with van der Waals surface area (Å²) in [6.07, 6.45) is 1.01. The maximum Gasteiger partial charge on any atom is 0.338 e. The molecule has 1 aromatic rings. The van der Waals surface area contributed by atoms with Gasteiger partial charge in [-0.2, -0.15) is 0 Å². The van der Waals surface area contributed by atoms with Crippen LogP contribution in [0.4, 0.5) is 0 Å². The lowest BCUT2D eigenvalue weighted by Crippen LogP contribution is -2.53. The SMILES string of the molecule is CC1CN(C(=O)c2cc(C(=O)O)co2)CC(C)(C)O1. The molecule has 0 bridgehead atoms. The van der Waals surface area contributed by atoms with Crippen LogP contribution in [0.5, 0.6) is 0 Å². The van der Waals surface area contributed by atoms with Gasteiger partial charge in [-0.25, -0.2) is 4.79 Å². The van der Waals surface area contributed by atoms with Gasteiger partial charge in [0.25, 0.3) is 5.91 Å². The Balaban J connectivity index is 2.16. The molecule has 1 atom stereocenters. The average Bonchev–Trinajstić information content (AvgIpc) is 2.74. The number of furan rings is 1. The molecule has 1 fully saturated rings. The fourth-order valence-electron chi connectivity index (χ4n) is 2.32. The molecule has 0 aliphatic carbocycles. The number of nitrogens with zero attached hydrogens (tertiary/aromatic N) is 1. The molecule has 1 amide bonds. The smallest absolute Gasteiger partial charge is 0.338 e. The molecule has 2 heterocycles. The molecule has 0 aromatic carbocycles. The Morgan fingerprint density at radius 3 is 2.68 bits per heavy atom. The third-order valence-electron chi connectivity index (χ3n) is 2.91. The van der Waals surface area contributed by atoms with Crippen LogP contribution in [0.25, 0.3) is 0 Å². The van der Waals surface area contributed by atoms with Crippen molar-refractivity contribution < 1.29 is 23.8 Å². The summed E-state index contributed by atoms with van der Waals surface area (Å²) in [5.41, 5.74) is -0.445. The molecule has 6 nitrogen and oxygen atoms in total. The van der Waals surface area contributed by atoms with Gasteiger partial charge in [-0.1, -0.05) is 0 Å². The molecule has 1 N–H and O–H groups in total. The summed E-state index contributed by atoms with van der Waals surface area (Å²) >= 11 is 0. The fraction of sp³-hybridized carbons (Fsp3) is 0.538. The van der Waals surface area contributed by atoms with E-state index in [0.29, 0.717) is 13.1 Å². The van der Waals surface area contributed by atoms with Crippen LogP contribution in [0, 0.1) is 0 Å². The van der Waals surface area contributed by atoms with E-state index in [9.17, 15) is 9.59 Å². The summed E-state index contributed by atoms with van der Waals surface area (Å²) in [4.78, 5) is 24.6. The lowest BCUT2D eigenvalue weighted by atomic mass is 10.1. The Morgan fingerprint density at radius 1 is 1.47 bits per heavy atom. The van der Waals surface area contributed by atoms with Crippen LogP contribution in [-0.4, -0.2) is 46.7 Å². The number of carboxylic acid groups (broad SMARTS) is 1. The number of morpholine rings is 1. The van der Waals surface area contributed by atoms with Crippen LogP contribution in [0.3, 0.4) is 0 Å². The number of hydrogen-bond donors (Lipinski definition) is 1. The molecular weight excluding hydrogens is 250 g/mol. The highest BCUT2D eigenvalue weighted by molar-refractivity contribution is 5.95. The summed E-state index contributed by atoms with van der Waals surface area (Å²) < 4.78 is 10.7. The van der Waals surface area contributed by atoms with E-state index >= 15 is 0 Å². The molecule has 1 unspecified atom stereocenters. The number of ether oxygens (including phenoxy) is 1. The van der Waals surface area contributed by atoms with Crippen LogP contribution < -0.4 is 0 Å². The number of carbonyl (C=O) groups is 2. The monoisotopic (exact) mass is 267 g/mol. The van der Waals surface area contributed by atoms with Gasteiger partial charge in [0.1, 0.15) is 6.26 Å². The fourth-order valence-corrected chi connectivity index (χ4v) is 2.32. The van der Waals surface area contributed by atoms with Crippen LogP contribution in [-0.2, 0) is 4.74 Å². The normalized spacial score (nSPS) is 22.3. The highest BCUT2D eigenvalue weighted by Gasteiger charge is 2.35. The van der Waals surface area contributed by atoms with Crippen LogP contribution in [0.15, 0.2) is 16.7 Å². The summed E-state index contributed by atoms with van der Waals surface area (Å²) in [5.74, 6) is -1.38. The minimum absolute atomic E-state index is 0.0241. The number of carbonyl (C=O) groups excluding carboxylic acids is 1. The summed E-state index contributed by atoms with van der Waals surface area (Å²) in [7, 11) is 0. The first kappa shape index (κ1) is 13.6. The number of rotatable bonds is 2. The lowest BCUT2D eigenvalue weighted by Gasteiger charge is -2.41. The Kier molecular flexibility index (Phi) is 3.36. The quantitative estimate of drug-likeness (QED) is 0.880. The number of carboxylic acids is 1. The zero-order chi connectivity index (χ0) is 14.2. The molecule has 1 aliphatic rings. The molecular formula is C13H17NO5. The largest absolute Gasteiger partial charge is 0.478 e.